The Labute approximate surface area is 200 Å². The number of esters is 2. The fourth-order valence-electron chi connectivity index (χ4n) is 2.87. The average molecular weight is 490 g/mol. The van der Waals surface area contributed by atoms with Gasteiger partial charge in [0.1, 0.15) is 6.61 Å². The van der Waals surface area contributed by atoms with Gasteiger partial charge in [0.2, 0.25) is 0 Å². The van der Waals surface area contributed by atoms with E-state index in [0.29, 0.717) is 12.8 Å². The van der Waals surface area contributed by atoms with Crippen LogP contribution in [0.1, 0.15) is 83.5 Å². The molecule has 0 aliphatic heterocycles. The molecule has 0 saturated carbocycles. The van der Waals surface area contributed by atoms with Crippen molar-refractivity contribution >= 4 is 19.8 Å². The number of carbonyl (C=O) groups excluding carboxylic acids is 2. The summed E-state index contributed by atoms with van der Waals surface area (Å²) in [4.78, 5) is 33.6. The molecule has 0 fully saturated rings. The van der Waals surface area contributed by atoms with Crippen LogP contribution in [0.5, 0.6) is 0 Å². The predicted molar refractivity (Wildman–Crippen MR) is 128 cm³/mol. The van der Waals surface area contributed by atoms with Gasteiger partial charge in [-0.05, 0) is 25.7 Å². The topological polar surface area (TPSA) is 108 Å². The summed E-state index contributed by atoms with van der Waals surface area (Å²) in [7, 11) is -4.32. The Kier molecular flexibility index (Phi) is 20.5. The molecule has 0 aliphatic rings. The van der Waals surface area contributed by atoms with E-state index in [1.54, 1.807) is 0 Å². The smallest absolute Gasteiger partial charge is 0.462 e. The summed E-state index contributed by atoms with van der Waals surface area (Å²) in [6, 6.07) is 0. The summed E-state index contributed by atoms with van der Waals surface area (Å²) in [5.41, 5.74) is 0. The van der Waals surface area contributed by atoms with Crippen molar-refractivity contribution in [3.63, 3.8) is 0 Å². The first-order chi connectivity index (χ1) is 15.8. The Morgan fingerprint density at radius 1 is 0.818 bits per heavy atom. The molecule has 0 radical (unpaired) electrons. The van der Waals surface area contributed by atoms with Crippen molar-refractivity contribution in [1.82, 2.24) is 0 Å². The number of phosphoric acid groups is 1. The van der Waals surface area contributed by atoms with E-state index in [1.807, 2.05) is 0 Å². The van der Waals surface area contributed by atoms with Crippen LogP contribution in [0.4, 0.5) is 0 Å². The highest BCUT2D eigenvalue weighted by Gasteiger charge is 2.24. The molecule has 9 heteroatoms. The van der Waals surface area contributed by atoms with E-state index in [4.69, 9.17) is 14.0 Å². The molecule has 0 aliphatic carbocycles. The van der Waals surface area contributed by atoms with Gasteiger partial charge in [-0.15, -0.1) is 6.08 Å². The number of phosphoric ester groups is 1. The standard InChI is InChI=1S/C24H42O8P/c1-4-7-9-11-12-13-14-15-17-19-24(26)32-22(21-31-33(27,28)30-6-3)20-29-23(25)18-16-10-8-5-2/h7,9,22H,1-6,8,10-21H2,(H,27,28)/q-3/b9-7-/t22-/m1/s1. The van der Waals surface area contributed by atoms with E-state index in [0.717, 1.165) is 57.8 Å². The van der Waals surface area contributed by atoms with Crippen LogP contribution in [-0.2, 0) is 32.7 Å². The molecule has 2 atom stereocenters. The number of allylic oxidation sites excluding steroid dienone is 2. The number of hydrogen-bond acceptors (Lipinski definition) is 7. The lowest BCUT2D eigenvalue weighted by Gasteiger charge is -2.20. The number of carbonyl (C=O) groups is 2. The van der Waals surface area contributed by atoms with Crippen molar-refractivity contribution in [2.75, 3.05) is 19.8 Å². The van der Waals surface area contributed by atoms with Gasteiger partial charge in [0.05, 0.1) is 6.61 Å². The summed E-state index contributed by atoms with van der Waals surface area (Å²) in [6.45, 7) is 9.87. The van der Waals surface area contributed by atoms with Gasteiger partial charge < -0.3 is 39.7 Å². The second kappa shape index (κ2) is 21.3. The maximum atomic E-state index is 12.2. The van der Waals surface area contributed by atoms with Crippen molar-refractivity contribution < 1.29 is 37.6 Å². The largest absolute Gasteiger partial charge is 0.469 e. The third-order valence-corrected chi connectivity index (χ3v) is 5.61. The lowest BCUT2D eigenvalue weighted by Crippen LogP contribution is -2.29. The first kappa shape index (κ1) is 31.8. The minimum Gasteiger partial charge on any atom is -0.462 e. The fourth-order valence-corrected chi connectivity index (χ4v) is 3.53. The first-order valence-corrected chi connectivity index (χ1v) is 13.3. The summed E-state index contributed by atoms with van der Waals surface area (Å²) < 4.78 is 31.6. The van der Waals surface area contributed by atoms with Crippen LogP contribution in [0.3, 0.4) is 0 Å². The highest BCUT2D eigenvalue weighted by molar-refractivity contribution is 7.47. The van der Waals surface area contributed by atoms with Crippen molar-refractivity contribution in [2.45, 2.75) is 89.6 Å². The maximum Gasteiger partial charge on any atom is 0.469 e. The highest BCUT2D eigenvalue weighted by Crippen LogP contribution is 2.43. The molecule has 0 aromatic rings. The van der Waals surface area contributed by atoms with E-state index >= 15 is 0 Å². The van der Waals surface area contributed by atoms with Crippen LogP contribution in [-0.4, -0.2) is 42.8 Å². The molecule has 1 N–H and O–H groups in total. The molecule has 1 unspecified atom stereocenters. The van der Waals surface area contributed by atoms with Gasteiger partial charge >= 0.3 is 19.8 Å². The van der Waals surface area contributed by atoms with Gasteiger partial charge in [-0.2, -0.15) is 12.8 Å². The van der Waals surface area contributed by atoms with Crippen molar-refractivity contribution in [3.8, 4) is 0 Å². The van der Waals surface area contributed by atoms with Gasteiger partial charge in [-0.1, -0.05) is 44.8 Å². The Morgan fingerprint density at radius 2 is 1.45 bits per heavy atom. The third-order valence-electron chi connectivity index (χ3n) is 4.62. The molecule has 0 aromatic carbocycles. The summed E-state index contributed by atoms with van der Waals surface area (Å²) in [5, 5.41) is 0. The minimum absolute atomic E-state index is 0.211. The number of rotatable bonds is 22. The molecule has 0 aromatic heterocycles. The Morgan fingerprint density at radius 3 is 2.12 bits per heavy atom. The Balaban J connectivity index is 4.36. The van der Waals surface area contributed by atoms with Crippen molar-refractivity contribution in [2.24, 2.45) is 0 Å². The van der Waals surface area contributed by atoms with Crippen LogP contribution < -0.4 is 0 Å². The molecular weight excluding hydrogens is 447 g/mol. The second-order valence-corrected chi connectivity index (χ2v) is 9.08. The summed E-state index contributed by atoms with van der Waals surface area (Å²) in [5.74, 6) is -0.898. The lowest BCUT2D eigenvalue weighted by molar-refractivity contribution is -0.161. The molecule has 194 valence electrons. The summed E-state index contributed by atoms with van der Waals surface area (Å²) in [6.07, 6.45) is 13.6. The van der Waals surface area contributed by atoms with Crippen LogP contribution in [0.25, 0.3) is 0 Å². The second-order valence-electron chi connectivity index (χ2n) is 7.62. The Bertz CT molecular complexity index is 579. The van der Waals surface area contributed by atoms with E-state index in [9.17, 15) is 19.0 Å². The molecule has 0 amide bonds. The zero-order chi connectivity index (χ0) is 24.8. The van der Waals surface area contributed by atoms with Crippen molar-refractivity contribution in [1.29, 1.82) is 0 Å². The maximum absolute atomic E-state index is 12.2. The fraction of sp³-hybridized carbons (Fsp3) is 0.708. The molecule has 0 saturated heterocycles. The van der Waals surface area contributed by atoms with Crippen molar-refractivity contribution in [3.05, 3.63) is 32.9 Å². The number of hydrogen-bond donors (Lipinski definition) is 1. The molecule has 0 bridgehead atoms. The highest BCUT2D eigenvalue weighted by atomic mass is 31.2. The molecule has 0 spiro atoms. The summed E-state index contributed by atoms with van der Waals surface area (Å²) >= 11 is 0. The van der Waals surface area contributed by atoms with Crippen LogP contribution in [0.2, 0.25) is 0 Å². The van der Waals surface area contributed by atoms with E-state index in [-0.39, 0.29) is 26.1 Å². The van der Waals surface area contributed by atoms with Gasteiger partial charge in [0.25, 0.3) is 0 Å². The van der Waals surface area contributed by atoms with Crippen LogP contribution in [0, 0.1) is 20.8 Å². The molecule has 0 heterocycles. The number of ether oxygens (including phenoxy) is 2. The molecule has 0 rings (SSSR count). The Hall–Kier alpha value is -1.21. The van der Waals surface area contributed by atoms with E-state index < -0.39 is 32.5 Å². The molecule has 8 nitrogen and oxygen atoms in total. The first-order valence-electron chi connectivity index (χ1n) is 11.8. The van der Waals surface area contributed by atoms with E-state index in [2.05, 4.69) is 37.4 Å². The molecular formula is C24H42O8P-3. The minimum atomic E-state index is -4.32. The SMILES string of the molecule is [CH2-]C/C=C\CCCCCCCC(=O)O[C@H](COC(=O)CCCCC[CH2-])COP(=O)(O)OC[CH2-]. The monoisotopic (exact) mass is 489 g/mol. The predicted octanol–water partition coefficient (Wildman–Crippen LogP) is 5.70. The normalized spacial score (nSPS) is 14.2. The zero-order valence-corrected chi connectivity index (χ0v) is 20.8. The van der Waals surface area contributed by atoms with Gasteiger partial charge in [-0.25, -0.2) is 4.57 Å². The quantitative estimate of drug-likeness (QED) is 0.0678. The molecule has 33 heavy (non-hydrogen) atoms. The zero-order valence-electron chi connectivity index (χ0n) is 19.9. The average Bonchev–Trinajstić information content (AvgIpc) is 2.77. The van der Waals surface area contributed by atoms with E-state index in [1.165, 1.54) is 0 Å². The number of unbranched alkanes of at least 4 members (excludes halogenated alkanes) is 8. The van der Waals surface area contributed by atoms with Gasteiger partial charge in [0.15, 0.2) is 6.10 Å². The van der Waals surface area contributed by atoms with Crippen LogP contribution >= 0.6 is 7.82 Å². The third kappa shape index (κ3) is 21.1. The van der Waals surface area contributed by atoms with Gasteiger partial charge in [-0.3, -0.25) is 14.1 Å². The van der Waals surface area contributed by atoms with Crippen LogP contribution in [0.15, 0.2) is 12.2 Å². The van der Waals surface area contributed by atoms with Gasteiger partial charge in [0, 0.05) is 12.8 Å². The lowest BCUT2D eigenvalue weighted by atomic mass is 10.1.